The molecule has 1 radical (unpaired) electrons. The molecule has 0 aliphatic carbocycles. The fourth-order valence-electron chi connectivity index (χ4n) is 6.72. The summed E-state index contributed by atoms with van der Waals surface area (Å²) in [5.41, 5.74) is 7.07. The number of aromatic nitrogens is 2. The SMILES string of the molecule is CI.Cc1cc2ccccc2o1.Cc1ncc([C@@H]2CCCN2C)c(-c2cc3ccccc3o2)c1Cl.Cc1ncc([C@@H]2CCCN2C)c(I)c1Cl.[CH2-]I.[V]. The first-order valence-electron chi connectivity index (χ1n) is 17.1. The molecule has 2 atom stereocenters. The molecule has 2 saturated heterocycles. The molecule has 4 aromatic heterocycles. The third-order valence-corrected chi connectivity index (χ3v) is 11.8. The largest absolute Gasteiger partial charge is 0.461 e. The van der Waals surface area contributed by atoms with Crippen LogP contribution in [0.15, 0.2) is 81.9 Å². The Labute approximate surface area is 377 Å². The van der Waals surface area contributed by atoms with Crippen LogP contribution in [0.25, 0.3) is 33.3 Å². The second-order valence-corrected chi connectivity index (χ2v) is 14.6. The molecule has 6 heterocycles. The minimum absolute atomic E-state index is 0. The van der Waals surface area contributed by atoms with Crippen LogP contribution in [0.1, 0.15) is 66.0 Å². The van der Waals surface area contributed by atoms with Crippen LogP contribution in [-0.4, -0.2) is 51.9 Å². The van der Waals surface area contributed by atoms with Gasteiger partial charge in [-0.1, -0.05) is 82.2 Å². The van der Waals surface area contributed by atoms with Gasteiger partial charge in [-0.25, -0.2) is 0 Å². The molecular weight excluding hydrogens is 1080 g/mol. The monoisotopic (exact) mass is 1130 g/mol. The maximum atomic E-state index is 6.65. The average molecular weight is 1130 g/mol. The number of pyridine rings is 2. The summed E-state index contributed by atoms with van der Waals surface area (Å²) in [6, 6.07) is 21.0. The van der Waals surface area contributed by atoms with E-state index >= 15 is 0 Å². The maximum Gasteiger partial charge on any atom is 0.137 e. The molecule has 0 saturated carbocycles. The number of aryl methyl sites for hydroxylation is 3. The van der Waals surface area contributed by atoms with Gasteiger partial charge in [0.2, 0.25) is 0 Å². The Balaban J connectivity index is 0.000000218. The summed E-state index contributed by atoms with van der Waals surface area (Å²) < 4.78 is 12.6. The van der Waals surface area contributed by atoms with E-state index in [0.717, 1.165) is 63.0 Å². The zero-order chi connectivity index (χ0) is 37.9. The quantitative estimate of drug-likeness (QED) is 0.1000. The van der Waals surface area contributed by atoms with Crippen molar-refractivity contribution in [1.82, 2.24) is 19.8 Å². The summed E-state index contributed by atoms with van der Waals surface area (Å²) in [5, 5.41) is 3.79. The van der Waals surface area contributed by atoms with Crippen LogP contribution in [0.3, 0.4) is 0 Å². The molecule has 0 amide bonds. The summed E-state index contributed by atoms with van der Waals surface area (Å²) in [4.78, 5) is 18.8. The zero-order valence-electron chi connectivity index (χ0n) is 31.0. The van der Waals surface area contributed by atoms with Crippen molar-refractivity contribution >= 4 is 113 Å². The number of halogens is 5. The van der Waals surface area contributed by atoms with Crippen molar-refractivity contribution in [2.75, 3.05) is 32.1 Å². The topological polar surface area (TPSA) is 58.5 Å². The predicted octanol–water partition coefficient (Wildman–Crippen LogP) is 13.6. The van der Waals surface area contributed by atoms with Gasteiger partial charge < -0.3 is 31.4 Å². The number of likely N-dealkylation sites (tertiary alicyclic amines) is 2. The van der Waals surface area contributed by atoms with Crippen molar-refractivity contribution in [3.8, 4) is 11.3 Å². The Kier molecular flexibility index (Phi) is 19.9. The first-order chi connectivity index (χ1) is 25.1. The molecular formula is C41H46Cl2I3N4O2V-. The third kappa shape index (κ3) is 11.6. The average Bonchev–Trinajstić information content (AvgIpc) is 3.97. The minimum atomic E-state index is 0. The van der Waals surface area contributed by atoms with Gasteiger partial charge in [-0.2, -0.15) is 0 Å². The van der Waals surface area contributed by atoms with Gasteiger partial charge in [-0.3, -0.25) is 24.7 Å². The normalized spacial score (nSPS) is 16.7. The standard InChI is InChI=1S/C19H19ClN2O.C11H14ClIN2.C9H8O.CH3I.CH2I.V/c1-12-19(20)18(14(11-21-12)15-7-5-9-22(15)2)17-10-13-6-3-4-8-16(13)23-17;1-7-10(12)11(13)8(6-14-7)9-4-3-5-15(9)2;1-7-6-8-4-2-3-5-9(8)10-7;2*1-2;/h3-4,6,8,10-11,15H,5,7,9H2,1-2H3;6,9H,3-5H2,1-2H3;2-6H,1H3;1H3;1H2;/q;;;;-1;/t15-;9-;;;;/m00..../s1. The van der Waals surface area contributed by atoms with Crippen LogP contribution < -0.4 is 0 Å². The maximum absolute atomic E-state index is 6.65. The zero-order valence-corrected chi connectivity index (χ0v) is 40.4. The summed E-state index contributed by atoms with van der Waals surface area (Å²) in [6.07, 6.45) is 8.76. The first-order valence-corrected chi connectivity index (χ1v) is 22.6. The van der Waals surface area contributed by atoms with Gasteiger partial charge in [0, 0.05) is 74.1 Å². The van der Waals surface area contributed by atoms with Crippen LogP contribution in [0.5, 0.6) is 0 Å². The van der Waals surface area contributed by atoms with E-state index in [1.807, 2.05) is 109 Å². The van der Waals surface area contributed by atoms with Gasteiger partial charge in [-0.15, -0.1) is 0 Å². The number of fused-ring (bicyclic) bond motifs is 2. The molecule has 8 rings (SSSR count). The van der Waals surface area contributed by atoms with Crippen LogP contribution in [0, 0.1) is 29.3 Å². The van der Waals surface area contributed by atoms with E-state index in [4.69, 9.17) is 32.0 Å². The second-order valence-electron chi connectivity index (χ2n) is 12.7. The molecule has 6 nitrogen and oxygen atoms in total. The fourth-order valence-corrected chi connectivity index (χ4v) is 8.02. The number of nitrogens with zero attached hydrogens (tertiary/aromatic N) is 4. The molecule has 6 aromatic rings. The van der Waals surface area contributed by atoms with E-state index < -0.39 is 0 Å². The third-order valence-electron chi connectivity index (χ3n) is 9.36. The van der Waals surface area contributed by atoms with Gasteiger partial charge in [0.25, 0.3) is 0 Å². The molecule has 283 valence electrons. The van der Waals surface area contributed by atoms with E-state index in [1.54, 1.807) is 0 Å². The molecule has 2 aliphatic heterocycles. The Hall–Kier alpha value is -0.906. The van der Waals surface area contributed by atoms with Crippen molar-refractivity contribution < 1.29 is 27.4 Å². The van der Waals surface area contributed by atoms with E-state index in [9.17, 15) is 0 Å². The van der Waals surface area contributed by atoms with Gasteiger partial charge in [0.05, 0.1) is 21.4 Å². The Morgan fingerprint density at radius 3 is 1.70 bits per heavy atom. The first kappa shape index (κ1) is 46.5. The van der Waals surface area contributed by atoms with E-state index in [2.05, 4.69) is 96.1 Å². The van der Waals surface area contributed by atoms with Gasteiger partial charge in [0.15, 0.2) is 0 Å². The Morgan fingerprint density at radius 1 is 0.717 bits per heavy atom. The van der Waals surface area contributed by atoms with Crippen molar-refractivity contribution in [1.29, 1.82) is 0 Å². The van der Waals surface area contributed by atoms with Crippen LogP contribution in [0.4, 0.5) is 0 Å². The molecule has 0 unspecified atom stereocenters. The molecule has 2 aliphatic rings. The summed E-state index contributed by atoms with van der Waals surface area (Å²) in [5.74, 6) is 1.80. The molecule has 0 N–H and O–H groups in total. The van der Waals surface area contributed by atoms with Crippen molar-refractivity contribution in [2.45, 2.75) is 58.5 Å². The fraction of sp³-hybridized carbons (Fsp3) is 0.341. The summed E-state index contributed by atoms with van der Waals surface area (Å²) in [6.45, 7) is 8.13. The van der Waals surface area contributed by atoms with E-state index in [1.165, 1.54) is 45.9 Å². The van der Waals surface area contributed by atoms with Crippen LogP contribution >= 0.6 is 91.0 Å². The number of hydrogen-bond acceptors (Lipinski definition) is 6. The molecule has 2 aromatic carbocycles. The Bertz CT molecular complexity index is 1990. The van der Waals surface area contributed by atoms with Crippen LogP contribution in [-0.2, 0) is 18.6 Å². The number of para-hydroxylation sites is 2. The van der Waals surface area contributed by atoms with Gasteiger partial charge >= 0.3 is 0 Å². The van der Waals surface area contributed by atoms with Crippen LogP contribution in [0.2, 0.25) is 10.0 Å². The Morgan fingerprint density at radius 2 is 1.19 bits per heavy atom. The van der Waals surface area contributed by atoms with E-state index in [-0.39, 0.29) is 18.6 Å². The summed E-state index contributed by atoms with van der Waals surface area (Å²) >= 11 is 19.2. The number of furan rings is 2. The molecule has 0 spiro atoms. The smallest absolute Gasteiger partial charge is 0.137 e. The van der Waals surface area contributed by atoms with Crippen molar-refractivity contribution in [3.63, 3.8) is 0 Å². The van der Waals surface area contributed by atoms with Gasteiger partial charge in [-0.05, 0) is 125 Å². The van der Waals surface area contributed by atoms with Crippen molar-refractivity contribution in [2.24, 2.45) is 0 Å². The number of rotatable bonds is 3. The number of benzene rings is 2. The molecule has 53 heavy (non-hydrogen) atoms. The predicted molar refractivity (Wildman–Crippen MR) is 245 cm³/mol. The molecule has 2 fully saturated rings. The number of alkyl halides is 1. The summed E-state index contributed by atoms with van der Waals surface area (Å²) in [7, 11) is 4.33. The molecule has 12 heteroatoms. The molecule has 0 bridgehead atoms. The van der Waals surface area contributed by atoms with E-state index in [0.29, 0.717) is 17.1 Å². The number of hydrogen-bond donors (Lipinski definition) is 0. The second kappa shape index (κ2) is 22.7. The van der Waals surface area contributed by atoms with Crippen molar-refractivity contribution in [3.05, 3.63) is 120 Å². The minimum Gasteiger partial charge on any atom is -0.461 e. The van der Waals surface area contributed by atoms with Gasteiger partial charge in [0.1, 0.15) is 22.7 Å².